The van der Waals surface area contributed by atoms with Gasteiger partial charge in [-0.15, -0.1) is 0 Å². The first kappa shape index (κ1) is 15.2. The molecule has 0 aliphatic carbocycles. The molecule has 0 aliphatic heterocycles. The zero-order chi connectivity index (χ0) is 14.3. The molecule has 1 rings (SSSR count). The van der Waals surface area contributed by atoms with Gasteiger partial charge in [-0.3, -0.25) is 0 Å². The van der Waals surface area contributed by atoms with Crippen molar-refractivity contribution in [2.75, 3.05) is 12.9 Å². The lowest BCUT2D eigenvalue weighted by Crippen LogP contribution is -2.26. The molecule has 104 valence electrons. The minimum atomic E-state index is -3.79. The second-order valence-electron chi connectivity index (χ2n) is 3.65. The number of ether oxygens (including phenoxy) is 1. The van der Waals surface area contributed by atoms with E-state index in [1.165, 1.54) is 0 Å². The molecule has 0 aliphatic rings. The predicted molar refractivity (Wildman–Crippen MR) is 70.1 cm³/mol. The van der Waals surface area contributed by atoms with Crippen molar-refractivity contribution in [3.05, 3.63) is 35.9 Å². The average Bonchev–Trinajstić information content (AvgIpc) is 2.34. The molecular formula is C12H15NO5S. The standard InChI is InChI=1S/C12H15NO5S/c1-3-17-12(14)11(19(2,15)16)13-18-9-10-7-5-4-6-8-10/h4-8H,3,9H2,1-2H3/b13-11+. The Kier molecular flexibility index (Phi) is 5.50. The average molecular weight is 285 g/mol. The van der Waals surface area contributed by atoms with Crippen LogP contribution in [-0.2, 0) is 30.8 Å². The van der Waals surface area contributed by atoms with Crippen molar-refractivity contribution in [2.24, 2.45) is 5.16 Å². The lowest BCUT2D eigenvalue weighted by atomic mass is 10.2. The summed E-state index contributed by atoms with van der Waals surface area (Å²) in [6.45, 7) is 1.70. The van der Waals surface area contributed by atoms with Crippen LogP contribution in [-0.4, -0.2) is 32.3 Å². The molecule has 0 bridgehead atoms. The van der Waals surface area contributed by atoms with Gasteiger partial charge in [-0.2, -0.15) is 0 Å². The second-order valence-corrected chi connectivity index (χ2v) is 5.58. The lowest BCUT2D eigenvalue weighted by Gasteiger charge is -2.04. The number of rotatable bonds is 4. The summed E-state index contributed by atoms with van der Waals surface area (Å²) in [5.41, 5.74) is 0.808. The van der Waals surface area contributed by atoms with Crippen molar-refractivity contribution in [3.8, 4) is 0 Å². The smallest absolute Gasteiger partial charge is 0.372 e. The highest BCUT2D eigenvalue weighted by Gasteiger charge is 2.25. The number of oxime groups is 1. The SMILES string of the molecule is CCOC(=O)/C(=N\OCc1ccccc1)S(C)(=O)=O. The van der Waals surface area contributed by atoms with Crippen molar-refractivity contribution in [2.45, 2.75) is 13.5 Å². The van der Waals surface area contributed by atoms with Crippen LogP contribution in [0.5, 0.6) is 0 Å². The summed E-state index contributed by atoms with van der Waals surface area (Å²) in [7, 11) is -3.79. The zero-order valence-corrected chi connectivity index (χ0v) is 11.5. The maximum atomic E-state index is 11.4. The molecule has 1 aromatic carbocycles. The molecule has 0 unspecified atom stereocenters. The van der Waals surface area contributed by atoms with Crippen LogP contribution in [0.3, 0.4) is 0 Å². The van der Waals surface area contributed by atoms with Gasteiger partial charge >= 0.3 is 5.97 Å². The van der Waals surface area contributed by atoms with Gasteiger partial charge in [-0.1, -0.05) is 35.5 Å². The van der Waals surface area contributed by atoms with E-state index >= 15 is 0 Å². The van der Waals surface area contributed by atoms with E-state index in [4.69, 9.17) is 4.84 Å². The third kappa shape index (κ3) is 5.09. The number of sulfone groups is 1. The largest absolute Gasteiger partial charge is 0.461 e. The normalized spacial score (nSPS) is 12.0. The monoisotopic (exact) mass is 285 g/mol. The molecule has 0 amide bonds. The molecule has 1 aromatic rings. The van der Waals surface area contributed by atoms with Crippen molar-refractivity contribution in [1.29, 1.82) is 0 Å². The minimum absolute atomic E-state index is 0.0616. The Morgan fingerprint density at radius 3 is 2.42 bits per heavy atom. The molecule has 0 spiro atoms. The van der Waals surface area contributed by atoms with Gasteiger partial charge in [0.1, 0.15) is 6.61 Å². The topological polar surface area (TPSA) is 82.0 Å². The maximum Gasteiger partial charge on any atom is 0.372 e. The molecule has 7 heteroatoms. The third-order valence-corrected chi connectivity index (χ3v) is 2.97. The lowest BCUT2D eigenvalue weighted by molar-refractivity contribution is -0.134. The molecule has 0 N–H and O–H groups in total. The van der Waals surface area contributed by atoms with Gasteiger partial charge in [0.05, 0.1) is 6.61 Å². The quantitative estimate of drug-likeness (QED) is 0.358. The van der Waals surface area contributed by atoms with Gasteiger partial charge in [0.2, 0.25) is 9.84 Å². The van der Waals surface area contributed by atoms with Crippen LogP contribution in [0, 0.1) is 0 Å². The summed E-state index contributed by atoms with van der Waals surface area (Å²) >= 11 is 0. The van der Waals surface area contributed by atoms with E-state index in [1.54, 1.807) is 19.1 Å². The van der Waals surface area contributed by atoms with Gasteiger partial charge in [-0.25, -0.2) is 13.2 Å². The van der Waals surface area contributed by atoms with Crippen LogP contribution in [0.25, 0.3) is 0 Å². The van der Waals surface area contributed by atoms with Crippen LogP contribution >= 0.6 is 0 Å². The molecule has 19 heavy (non-hydrogen) atoms. The summed E-state index contributed by atoms with van der Waals surface area (Å²) in [6, 6.07) is 9.05. The van der Waals surface area contributed by atoms with Crippen molar-refractivity contribution in [3.63, 3.8) is 0 Å². The molecule has 0 atom stereocenters. The molecule has 0 aromatic heterocycles. The number of carbonyl (C=O) groups is 1. The fraction of sp³-hybridized carbons (Fsp3) is 0.333. The first-order chi connectivity index (χ1) is 8.95. The number of esters is 1. The number of benzene rings is 1. The summed E-state index contributed by atoms with van der Waals surface area (Å²) in [5.74, 6) is -1.02. The van der Waals surface area contributed by atoms with E-state index in [1.807, 2.05) is 18.2 Å². The number of nitrogens with zero attached hydrogens (tertiary/aromatic N) is 1. The predicted octanol–water partition coefficient (Wildman–Crippen LogP) is 1.12. The fourth-order valence-corrected chi connectivity index (χ4v) is 1.74. The highest BCUT2D eigenvalue weighted by atomic mass is 32.2. The maximum absolute atomic E-state index is 11.4. The first-order valence-electron chi connectivity index (χ1n) is 5.56. The molecule has 0 saturated carbocycles. The highest BCUT2D eigenvalue weighted by Crippen LogP contribution is 2.02. The molecule has 0 fully saturated rings. The second kappa shape index (κ2) is 6.89. The van der Waals surface area contributed by atoms with E-state index in [2.05, 4.69) is 9.89 Å². The van der Waals surface area contributed by atoms with Gasteiger partial charge < -0.3 is 9.57 Å². The summed E-state index contributed by atoms with van der Waals surface area (Å²) in [6.07, 6.45) is 0.870. The Morgan fingerprint density at radius 1 is 1.26 bits per heavy atom. The van der Waals surface area contributed by atoms with E-state index in [0.717, 1.165) is 11.8 Å². The molecule has 0 saturated heterocycles. The van der Waals surface area contributed by atoms with Crippen LogP contribution < -0.4 is 0 Å². The Morgan fingerprint density at radius 2 is 1.89 bits per heavy atom. The first-order valence-corrected chi connectivity index (χ1v) is 7.45. The zero-order valence-electron chi connectivity index (χ0n) is 10.7. The fourth-order valence-electron chi connectivity index (χ4n) is 1.19. The Bertz CT molecular complexity index is 551. The minimum Gasteiger partial charge on any atom is -0.461 e. The summed E-state index contributed by atoms with van der Waals surface area (Å²) < 4.78 is 27.4. The van der Waals surface area contributed by atoms with Gasteiger partial charge in [0.15, 0.2) is 0 Å². The number of hydrogen-bond acceptors (Lipinski definition) is 6. The Balaban J connectivity index is 2.76. The number of hydrogen-bond donors (Lipinski definition) is 0. The molecule has 0 radical (unpaired) electrons. The third-order valence-electron chi connectivity index (χ3n) is 2.02. The Hall–Kier alpha value is -1.89. The molecule has 6 nitrogen and oxygen atoms in total. The molecular weight excluding hydrogens is 270 g/mol. The van der Waals surface area contributed by atoms with E-state index in [9.17, 15) is 13.2 Å². The van der Waals surface area contributed by atoms with Gasteiger partial charge in [0.25, 0.3) is 5.04 Å². The number of carbonyl (C=O) groups excluding carboxylic acids is 1. The van der Waals surface area contributed by atoms with Crippen LogP contribution in [0.2, 0.25) is 0 Å². The van der Waals surface area contributed by atoms with Crippen LogP contribution in [0.15, 0.2) is 35.5 Å². The molecule has 0 heterocycles. The van der Waals surface area contributed by atoms with Gasteiger partial charge in [-0.05, 0) is 12.5 Å². The van der Waals surface area contributed by atoms with E-state index in [0.29, 0.717) is 0 Å². The highest BCUT2D eigenvalue weighted by molar-refractivity contribution is 8.07. The van der Waals surface area contributed by atoms with Crippen molar-refractivity contribution >= 4 is 20.9 Å². The van der Waals surface area contributed by atoms with E-state index < -0.39 is 20.9 Å². The van der Waals surface area contributed by atoms with Crippen LogP contribution in [0.4, 0.5) is 0 Å². The van der Waals surface area contributed by atoms with E-state index in [-0.39, 0.29) is 13.2 Å². The Labute approximate surface area is 111 Å². The van der Waals surface area contributed by atoms with Gasteiger partial charge in [0, 0.05) is 6.26 Å². The van der Waals surface area contributed by atoms with Crippen molar-refractivity contribution in [1.82, 2.24) is 0 Å². The summed E-state index contributed by atoms with van der Waals surface area (Å²) in [4.78, 5) is 16.3. The van der Waals surface area contributed by atoms with Crippen LogP contribution in [0.1, 0.15) is 12.5 Å². The van der Waals surface area contributed by atoms with Crippen molar-refractivity contribution < 1.29 is 22.8 Å². The summed E-state index contributed by atoms with van der Waals surface area (Å²) in [5, 5.41) is 2.63.